The molecule has 0 saturated carbocycles. The van der Waals surface area contributed by atoms with E-state index in [-0.39, 0.29) is 0 Å². The monoisotopic (exact) mass is 896 g/mol. The number of rotatable bonds is 8. The second-order valence-electron chi connectivity index (χ2n) is 17.7. The van der Waals surface area contributed by atoms with Crippen molar-refractivity contribution in [2.24, 2.45) is 0 Å². The Morgan fingerprint density at radius 2 is 0.557 bits per heavy atom. The number of fused-ring (bicyclic) bond motifs is 7. The maximum atomic E-state index is 6.27. The average Bonchev–Trinajstić information content (AvgIpc) is 3.43. The Labute approximate surface area is 407 Å². The first-order valence-corrected chi connectivity index (χ1v) is 23.7. The zero-order valence-electron chi connectivity index (χ0n) is 38.1. The standard InChI is InChI=1S/C66H44N2O2/c1-3-15-49(16-4-1)65-53-41-35-47(29-27-45-31-37-51(38-32-45)67-57-19-7-11-23-61(57)69-62-24-12-8-20-58(62)67)43-55(53)56-44-48(36-42-54(56)66(65)50-17-5-2-6-18-50)30-28-46-33-39-52(40-34-46)68-59-21-9-13-25-63(59)70-64-26-14-10-22-60(64)68/h1-44H/b29-27+,30-28+. The van der Waals surface area contributed by atoms with Gasteiger partial charge in [0.15, 0.2) is 23.0 Å². The summed E-state index contributed by atoms with van der Waals surface area (Å²) in [5.74, 6) is 3.38. The molecule has 0 unspecified atom stereocenters. The number of hydrogen-bond donors (Lipinski definition) is 0. The third-order valence-electron chi connectivity index (χ3n) is 13.4. The number of hydrogen-bond acceptors (Lipinski definition) is 4. The predicted octanol–water partition coefficient (Wildman–Crippen LogP) is 18.8. The van der Waals surface area contributed by atoms with Crippen molar-refractivity contribution < 1.29 is 9.47 Å². The minimum atomic E-state index is 0.844. The molecule has 11 aromatic rings. The molecule has 0 amide bonds. The average molecular weight is 897 g/mol. The molecule has 2 aliphatic heterocycles. The molecular formula is C66H44N2O2. The lowest BCUT2D eigenvalue weighted by atomic mass is 9.84. The van der Waals surface area contributed by atoms with E-state index in [2.05, 4.69) is 228 Å². The van der Waals surface area contributed by atoms with Crippen LogP contribution < -0.4 is 19.3 Å². The van der Waals surface area contributed by atoms with Crippen molar-refractivity contribution in [1.82, 2.24) is 0 Å². The van der Waals surface area contributed by atoms with Crippen molar-refractivity contribution in [2.75, 3.05) is 9.80 Å². The molecule has 0 bridgehead atoms. The van der Waals surface area contributed by atoms with Crippen LogP contribution in [0, 0.1) is 0 Å². The number of nitrogens with zero attached hydrogens (tertiary/aromatic N) is 2. The molecule has 4 heteroatoms. The lowest BCUT2D eigenvalue weighted by molar-refractivity contribution is 0.477. The van der Waals surface area contributed by atoms with Crippen LogP contribution in [0.15, 0.2) is 243 Å². The highest BCUT2D eigenvalue weighted by Gasteiger charge is 2.27. The van der Waals surface area contributed by atoms with Gasteiger partial charge in [0.2, 0.25) is 0 Å². The molecule has 0 spiro atoms. The Kier molecular flexibility index (Phi) is 10.1. The van der Waals surface area contributed by atoms with Gasteiger partial charge in [0, 0.05) is 11.4 Å². The van der Waals surface area contributed by atoms with Crippen molar-refractivity contribution in [3.63, 3.8) is 0 Å². The fraction of sp³-hybridized carbons (Fsp3) is 0. The van der Waals surface area contributed by atoms with Gasteiger partial charge in [-0.3, -0.25) is 0 Å². The highest BCUT2D eigenvalue weighted by molar-refractivity contribution is 6.22. The lowest BCUT2D eigenvalue weighted by Crippen LogP contribution is -2.15. The smallest absolute Gasteiger partial charge is 0.151 e. The van der Waals surface area contributed by atoms with Crippen LogP contribution in [0.4, 0.5) is 34.1 Å². The van der Waals surface area contributed by atoms with E-state index >= 15 is 0 Å². The minimum Gasteiger partial charge on any atom is -0.453 e. The van der Waals surface area contributed by atoms with Crippen LogP contribution in [-0.4, -0.2) is 0 Å². The highest BCUT2D eigenvalue weighted by Crippen LogP contribution is 2.52. The largest absolute Gasteiger partial charge is 0.453 e. The summed E-state index contributed by atoms with van der Waals surface area (Å²) in [6.07, 6.45) is 8.88. The lowest BCUT2D eigenvalue weighted by Gasteiger charge is -2.32. The summed E-state index contributed by atoms with van der Waals surface area (Å²) in [5, 5.41) is 4.85. The summed E-state index contributed by atoms with van der Waals surface area (Å²) in [6, 6.07) is 85.9. The van der Waals surface area contributed by atoms with Crippen LogP contribution in [0.3, 0.4) is 0 Å². The molecule has 0 aromatic heterocycles. The zero-order valence-corrected chi connectivity index (χ0v) is 38.1. The number of anilines is 6. The number of ether oxygens (including phenoxy) is 2. The minimum absolute atomic E-state index is 0.844. The molecule has 4 nitrogen and oxygen atoms in total. The fourth-order valence-corrected chi connectivity index (χ4v) is 10.1. The molecule has 2 heterocycles. The Morgan fingerprint density at radius 3 is 0.914 bits per heavy atom. The first-order chi connectivity index (χ1) is 34.7. The molecule has 0 atom stereocenters. The maximum absolute atomic E-state index is 6.27. The Morgan fingerprint density at radius 1 is 0.257 bits per heavy atom. The van der Waals surface area contributed by atoms with E-state index < -0.39 is 0 Å². The van der Waals surface area contributed by atoms with Gasteiger partial charge in [-0.1, -0.05) is 182 Å². The van der Waals surface area contributed by atoms with Crippen molar-refractivity contribution in [3.05, 3.63) is 265 Å². The van der Waals surface area contributed by atoms with E-state index in [1.807, 2.05) is 48.5 Å². The fourth-order valence-electron chi connectivity index (χ4n) is 10.1. The molecule has 0 fully saturated rings. The number of benzene rings is 11. The van der Waals surface area contributed by atoms with E-state index in [1.165, 1.54) is 43.8 Å². The van der Waals surface area contributed by atoms with E-state index in [0.717, 1.165) is 79.4 Å². The van der Waals surface area contributed by atoms with Crippen LogP contribution in [0.5, 0.6) is 23.0 Å². The topological polar surface area (TPSA) is 24.9 Å². The molecular weight excluding hydrogens is 853 g/mol. The van der Waals surface area contributed by atoms with Gasteiger partial charge >= 0.3 is 0 Å². The molecule has 0 aliphatic carbocycles. The van der Waals surface area contributed by atoms with E-state index in [9.17, 15) is 0 Å². The van der Waals surface area contributed by atoms with Crippen LogP contribution in [0.2, 0.25) is 0 Å². The van der Waals surface area contributed by atoms with Gasteiger partial charge in [-0.2, -0.15) is 0 Å². The van der Waals surface area contributed by atoms with Crippen LogP contribution >= 0.6 is 0 Å². The normalized spacial score (nSPS) is 12.6. The Balaban J connectivity index is 0.874. The third-order valence-corrected chi connectivity index (χ3v) is 13.4. The van der Waals surface area contributed by atoms with Gasteiger partial charge in [0.05, 0.1) is 22.7 Å². The van der Waals surface area contributed by atoms with Crippen molar-refractivity contribution >= 4 is 80.0 Å². The molecule has 11 aromatic carbocycles. The van der Waals surface area contributed by atoms with Crippen molar-refractivity contribution in [2.45, 2.75) is 0 Å². The molecule has 70 heavy (non-hydrogen) atoms. The predicted molar refractivity (Wildman–Crippen MR) is 293 cm³/mol. The molecule has 2 aliphatic rings. The van der Waals surface area contributed by atoms with Crippen LogP contribution in [0.25, 0.3) is 68.1 Å². The molecule has 330 valence electrons. The number of para-hydroxylation sites is 8. The molecule has 0 N–H and O–H groups in total. The zero-order chi connectivity index (χ0) is 46.4. The van der Waals surface area contributed by atoms with Gasteiger partial charge in [-0.05, 0) is 151 Å². The van der Waals surface area contributed by atoms with Gasteiger partial charge in [-0.15, -0.1) is 0 Å². The van der Waals surface area contributed by atoms with E-state index in [1.54, 1.807) is 0 Å². The molecule has 0 radical (unpaired) electrons. The van der Waals surface area contributed by atoms with Crippen LogP contribution in [0.1, 0.15) is 22.3 Å². The van der Waals surface area contributed by atoms with Crippen molar-refractivity contribution in [3.8, 4) is 45.3 Å². The molecule has 0 saturated heterocycles. The third kappa shape index (κ3) is 7.36. The second kappa shape index (κ2) is 17.4. The van der Waals surface area contributed by atoms with Gasteiger partial charge in [0.25, 0.3) is 0 Å². The summed E-state index contributed by atoms with van der Waals surface area (Å²) in [5.41, 5.74) is 15.6. The van der Waals surface area contributed by atoms with Crippen LogP contribution in [-0.2, 0) is 0 Å². The summed E-state index contributed by atoms with van der Waals surface area (Å²) < 4.78 is 12.5. The second-order valence-corrected chi connectivity index (χ2v) is 17.7. The summed E-state index contributed by atoms with van der Waals surface area (Å²) >= 11 is 0. The quantitative estimate of drug-likeness (QED) is 0.112. The van der Waals surface area contributed by atoms with Gasteiger partial charge in [-0.25, -0.2) is 0 Å². The van der Waals surface area contributed by atoms with Crippen molar-refractivity contribution in [1.29, 1.82) is 0 Å². The SMILES string of the molecule is C(=C\c1ccc2c(-c3ccccc3)c(-c3ccccc3)c3ccc(/C=C/c4ccc(N5c6ccccc6Oc6ccccc65)cc4)cc3c2c1)/c1ccc(N2c3ccccc3Oc3ccccc32)cc1. The Hall–Kier alpha value is -9.38. The van der Waals surface area contributed by atoms with Gasteiger partial charge < -0.3 is 19.3 Å². The highest BCUT2D eigenvalue weighted by atomic mass is 16.5. The van der Waals surface area contributed by atoms with Gasteiger partial charge in [0.1, 0.15) is 0 Å². The Bertz CT molecular complexity index is 3480. The maximum Gasteiger partial charge on any atom is 0.151 e. The van der Waals surface area contributed by atoms with E-state index in [0.29, 0.717) is 0 Å². The van der Waals surface area contributed by atoms with E-state index in [4.69, 9.17) is 9.47 Å². The summed E-state index contributed by atoms with van der Waals surface area (Å²) in [7, 11) is 0. The molecule has 13 rings (SSSR count). The first kappa shape index (κ1) is 40.9. The first-order valence-electron chi connectivity index (χ1n) is 23.7. The summed E-state index contributed by atoms with van der Waals surface area (Å²) in [6.45, 7) is 0. The summed E-state index contributed by atoms with van der Waals surface area (Å²) in [4.78, 5) is 4.54.